The van der Waals surface area contributed by atoms with Crippen molar-refractivity contribution in [1.29, 1.82) is 0 Å². The van der Waals surface area contributed by atoms with Crippen molar-refractivity contribution in [3.63, 3.8) is 0 Å². The molecule has 0 heterocycles. The quantitative estimate of drug-likeness (QED) is 0.570. The normalized spacial score (nSPS) is 10.1. The van der Waals surface area contributed by atoms with Crippen LogP contribution in [0.15, 0.2) is 18.2 Å². The van der Waals surface area contributed by atoms with E-state index in [1.165, 1.54) is 0 Å². The molecule has 0 N–H and O–H groups in total. The van der Waals surface area contributed by atoms with Crippen LogP contribution in [-0.2, 0) is 6.42 Å². The molecule has 0 saturated carbocycles. The number of rotatable bonds is 5. The Labute approximate surface area is 95.2 Å². The maximum absolute atomic E-state index is 11.6. The summed E-state index contributed by atoms with van der Waals surface area (Å²) in [7, 11) is 0. The van der Waals surface area contributed by atoms with Gasteiger partial charge in [0.1, 0.15) is 5.75 Å². The number of hydrogen-bond donors (Lipinski definition) is 0. The fourth-order valence-electron chi connectivity index (χ4n) is 1.37. The Balaban J connectivity index is 3.10. The van der Waals surface area contributed by atoms with E-state index in [2.05, 4.69) is 0 Å². The topological polar surface area (TPSA) is 26.3 Å². The van der Waals surface area contributed by atoms with E-state index in [-0.39, 0.29) is 11.7 Å². The van der Waals surface area contributed by atoms with Crippen LogP contribution in [0.25, 0.3) is 0 Å². The zero-order chi connectivity index (χ0) is 11.3. The van der Waals surface area contributed by atoms with Crippen molar-refractivity contribution < 1.29 is 9.53 Å². The molecule has 82 valence electrons. The third-order valence-electron chi connectivity index (χ3n) is 2.17. The molecule has 0 bridgehead atoms. The lowest BCUT2D eigenvalue weighted by atomic mass is 10.1. The van der Waals surface area contributed by atoms with Gasteiger partial charge in [-0.2, -0.15) is 0 Å². The van der Waals surface area contributed by atoms with Crippen molar-refractivity contribution in [2.45, 2.75) is 20.3 Å². The summed E-state index contributed by atoms with van der Waals surface area (Å²) in [6.45, 7) is 4.49. The molecule has 0 aliphatic carbocycles. The summed E-state index contributed by atoms with van der Waals surface area (Å²) in [5.74, 6) is 0.531. The monoisotopic (exact) mass is 226 g/mol. The summed E-state index contributed by atoms with van der Waals surface area (Å²) in [4.78, 5) is 11.6. The first-order chi connectivity index (χ1) is 7.22. The smallest absolute Gasteiger partial charge is 0.181 e. The van der Waals surface area contributed by atoms with Crippen LogP contribution < -0.4 is 4.74 Å². The molecule has 3 heteroatoms. The molecule has 0 aliphatic heterocycles. The van der Waals surface area contributed by atoms with Gasteiger partial charge in [-0.1, -0.05) is 13.0 Å². The summed E-state index contributed by atoms with van der Waals surface area (Å²) in [5.41, 5.74) is 1.71. The molecule has 1 aromatic carbocycles. The zero-order valence-corrected chi connectivity index (χ0v) is 9.80. The van der Waals surface area contributed by atoms with Crippen molar-refractivity contribution in [3.05, 3.63) is 29.3 Å². The second-order valence-electron chi connectivity index (χ2n) is 3.17. The van der Waals surface area contributed by atoms with Gasteiger partial charge in [0.2, 0.25) is 0 Å². The number of ketones is 1. The number of benzene rings is 1. The van der Waals surface area contributed by atoms with Crippen LogP contribution in [0, 0.1) is 0 Å². The Hall–Kier alpha value is -1.02. The van der Waals surface area contributed by atoms with Gasteiger partial charge >= 0.3 is 0 Å². The first-order valence-electron chi connectivity index (χ1n) is 5.07. The van der Waals surface area contributed by atoms with Gasteiger partial charge in [0, 0.05) is 0 Å². The highest BCUT2D eigenvalue weighted by atomic mass is 35.5. The lowest BCUT2D eigenvalue weighted by Crippen LogP contribution is -2.05. The number of carbonyl (C=O) groups excluding carboxylic acids is 1. The molecular weight excluding hydrogens is 212 g/mol. The van der Waals surface area contributed by atoms with Gasteiger partial charge in [0.25, 0.3) is 0 Å². The predicted molar refractivity (Wildman–Crippen MR) is 62.0 cm³/mol. The van der Waals surface area contributed by atoms with Crippen LogP contribution in [0.5, 0.6) is 5.75 Å². The van der Waals surface area contributed by atoms with Gasteiger partial charge < -0.3 is 4.74 Å². The number of hydrogen-bond acceptors (Lipinski definition) is 2. The van der Waals surface area contributed by atoms with Gasteiger partial charge in [0.05, 0.1) is 18.1 Å². The van der Waals surface area contributed by atoms with E-state index in [0.29, 0.717) is 17.9 Å². The number of aryl methyl sites for hydroxylation is 1. The molecule has 0 unspecified atom stereocenters. The van der Waals surface area contributed by atoms with Gasteiger partial charge in [-0.25, -0.2) is 0 Å². The highest BCUT2D eigenvalue weighted by molar-refractivity contribution is 6.30. The van der Waals surface area contributed by atoms with Gasteiger partial charge in [-0.15, -0.1) is 11.6 Å². The molecule has 0 spiro atoms. The third-order valence-corrected chi connectivity index (χ3v) is 2.42. The maximum Gasteiger partial charge on any atom is 0.181 e. The molecule has 0 atom stereocenters. The largest absolute Gasteiger partial charge is 0.493 e. The molecular formula is C12H15ClO2. The third kappa shape index (κ3) is 2.96. The Bertz CT molecular complexity index is 347. The molecule has 0 amide bonds. The second-order valence-corrected chi connectivity index (χ2v) is 3.44. The Morgan fingerprint density at radius 3 is 2.67 bits per heavy atom. The van der Waals surface area contributed by atoms with E-state index in [1.807, 2.05) is 32.0 Å². The summed E-state index contributed by atoms with van der Waals surface area (Å²) in [6, 6.07) is 5.66. The minimum absolute atomic E-state index is 0.00670. The highest BCUT2D eigenvalue weighted by Crippen LogP contribution is 2.21. The minimum Gasteiger partial charge on any atom is -0.493 e. The Morgan fingerprint density at radius 1 is 1.40 bits per heavy atom. The first-order valence-corrected chi connectivity index (χ1v) is 5.61. The van der Waals surface area contributed by atoms with E-state index >= 15 is 0 Å². The van der Waals surface area contributed by atoms with Crippen LogP contribution in [0.4, 0.5) is 0 Å². The van der Waals surface area contributed by atoms with Gasteiger partial charge in [-0.3, -0.25) is 4.79 Å². The molecule has 0 aromatic heterocycles. The van der Waals surface area contributed by atoms with Crippen LogP contribution in [0.3, 0.4) is 0 Å². The van der Waals surface area contributed by atoms with Crippen molar-refractivity contribution >= 4 is 17.4 Å². The molecule has 0 saturated heterocycles. The van der Waals surface area contributed by atoms with E-state index in [9.17, 15) is 4.79 Å². The number of alkyl halides is 1. The number of Topliss-reactive ketones (excluding diaryl/α,β-unsaturated/α-hetero) is 1. The standard InChI is InChI=1S/C12H15ClO2/c1-3-9-5-6-12(15-4-2)10(7-9)11(14)8-13/h5-7H,3-4,8H2,1-2H3. The van der Waals surface area contributed by atoms with E-state index in [0.717, 1.165) is 12.0 Å². The molecule has 15 heavy (non-hydrogen) atoms. The van der Waals surface area contributed by atoms with Gasteiger partial charge in [-0.05, 0) is 31.0 Å². The fourth-order valence-corrected chi connectivity index (χ4v) is 1.51. The second kappa shape index (κ2) is 5.76. The molecule has 1 aromatic rings. The van der Waals surface area contributed by atoms with E-state index < -0.39 is 0 Å². The van der Waals surface area contributed by atoms with Crippen LogP contribution in [-0.4, -0.2) is 18.3 Å². The Morgan fingerprint density at radius 2 is 2.13 bits per heavy atom. The maximum atomic E-state index is 11.6. The molecule has 0 aliphatic rings. The SMILES string of the molecule is CCOc1ccc(CC)cc1C(=O)CCl. The van der Waals surface area contributed by atoms with Crippen molar-refractivity contribution in [1.82, 2.24) is 0 Å². The van der Waals surface area contributed by atoms with Crippen molar-refractivity contribution in [3.8, 4) is 5.75 Å². The number of halogens is 1. The molecule has 0 radical (unpaired) electrons. The van der Waals surface area contributed by atoms with Gasteiger partial charge in [0.15, 0.2) is 5.78 Å². The van der Waals surface area contributed by atoms with Crippen LogP contribution >= 0.6 is 11.6 Å². The highest BCUT2D eigenvalue weighted by Gasteiger charge is 2.11. The van der Waals surface area contributed by atoms with E-state index in [1.54, 1.807) is 0 Å². The average Bonchev–Trinajstić information content (AvgIpc) is 2.29. The van der Waals surface area contributed by atoms with Crippen molar-refractivity contribution in [2.75, 3.05) is 12.5 Å². The molecule has 2 nitrogen and oxygen atoms in total. The number of ether oxygens (including phenoxy) is 1. The number of carbonyl (C=O) groups is 1. The zero-order valence-electron chi connectivity index (χ0n) is 9.05. The summed E-state index contributed by atoms with van der Waals surface area (Å²) in [6.07, 6.45) is 0.898. The molecule has 0 fully saturated rings. The summed E-state index contributed by atoms with van der Waals surface area (Å²) in [5, 5.41) is 0. The predicted octanol–water partition coefficient (Wildman–Crippen LogP) is 3.07. The van der Waals surface area contributed by atoms with Crippen molar-refractivity contribution in [2.24, 2.45) is 0 Å². The van der Waals surface area contributed by atoms with E-state index in [4.69, 9.17) is 16.3 Å². The molecule has 1 rings (SSSR count). The summed E-state index contributed by atoms with van der Waals surface area (Å²) >= 11 is 5.55. The van der Waals surface area contributed by atoms with Crippen LogP contribution in [0.2, 0.25) is 0 Å². The average molecular weight is 227 g/mol. The first kappa shape index (κ1) is 12.1. The lowest BCUT2D eigenvalue weighted by Gasteiger charge is -2.09. The lowest BCUT2D eigenvalue weighted by molar-refractivity contribution is 0.101. The van der Waals surface area contributed by atoms with Crippen LogP contribution in [0.1, 0.15) is 29.8 Å². The Kier molecular flexibility index (Phi) is 4.63. The fraction of sp³-hybridized carbons (Fsp3) is 0.417. The minimum atomic E-state index is -0.0876. The summed E-state index contributed by atoms with van der Waals surface area (Å²) < 4.78 is 5.38.